The van der Waals surface area contributed by atoms with Crippen molar-refractivity contribution in [3.63, 3.8) is 0 Å². The van der Waals surface area contributed by atoms with Gasteiger partial charge in [-0.1, -0.05) is 212 Å². The smallest absolute Gasteiger partial charge is 0.00261 e. The van der Waals surface area contributed by atoms with Gasteiger partial charge in [0.05, 0.1) is 0 Å². The fourth-order valence-electron chi connectivity index (χ4n) is 9.17. The Morgan fingerprint density at radius 3 is 1.05 bits per heavy atom. The van der Waals surface area contributed by atoms with Crippen LogP contribution in [0.1, 0.15) is 0 Å². The minimum atomic E-state index is 1.20. The van der Waals surface area contributed by atoms with Gasteiger partial charge in [0, 0.05) is 0 Å². The predicted molar refractivity (Wildman–Crippen MR) is 249 cm³/mol. The molecule has 0 unspecified atom stereocenters. The first-order valence-corrected chi connectivity index (χ1v) is 20.1. The average Bonchev–Trinajstić information content (AvgIpc) is 3.30. The maximum atomic E-state index is 2.46. The average molecular weight is 735 g/mol. The SMILES string of the molecule is c1ccc(-c2c3ccccc3c(-c3ccc(-c4ccccc4-c4ccc5ccccc5c4)c(-c4ccccc4-c4ccc5ccccc5c4)c3)c3ccccc23)cc1. The van der Waals surface area contributed by atoms with E-state index in [2.05, 4.69) is 231 Å². The third-order valence-electron chi connectivity index (χ3n) is 11.9. The van der Waals surface area contributed by atoms with E-state index in [0.29, 0.717) is 0 Å². The zero-order valence-corrected chi connectivity index (χ0v) is 31.9. The van der Waals surface area contributed by atoms with E-state index in [4.69, 9.17) is 0 Å². The lowest BCUT2D eigenvalue weighted by Gasteiger charge is -2.21. The molecule has 58 heavy (non-hydrogen) atoms. The van der Waals surface area contributed by atoms with Crippen LogP contribution in [-0.2, 0) is 0 Å². The zero-order valence-electron chi connectivity index (χ0n) is 31.9. The van der Waals surface area contributed by atoms with Gasteiger partial charge in [-0.3, -0.25) is 0 Å². The molecule has 0 fully saturated rings. The molecule has 11 aromatic carbocycles. The fourth-order valence-corrected chi connectivity index (χ4v) is 9.17. The van der Waals surface area contributed by atoms with Crippen molar-refractivity contribution >= 4 is 43.1 Å². The van der Waals surface area contributed by atoms with Gasteiger partial charge < -0.3 is 0 Å². The summed E-state index contributed by atoms with van der Waals surface area (Å²) in [6.07, 6.45) is 0. The second-order valence-corrected chi connectivity index (χ2v) is 15.2. The van der Waals surface area contributed by atoms with Gasteiger partial charge in [-0.25, -0.2) is 0 Å². The van der Waals surface area contributed by atoms with E-state index in [1.807, 2.05) is 0 Å². The normalized spacial score (nSPS) is 11.4. The Bertz CT molecular complexity index is 3280. The summed E-state index contributed by atoms with van der Waals surface area (Å²) in [6.45, 7) is 0. The second-order valence-electron chi connectivity index (χ2n) is 15.2. The molecule has 11 rings (SSSR count). The summed E-state index contributed by atoms with van der Waals surface area (Å²) in [7, 11) is 0. The molecule has 0 spiro atoms. The lowest BCUT2D eigenvalue weighted by molar-refractivity contribution is 1.56. The molecule has 0 N–H and O–H groups in total. The molecule has 0 aliphatic carbocycles. The minimum Gasteiger partial charge on any atom is -0.0622 e. The summed E-state index contributed by atoms with van der Waals surface area (Å²) in [5, 5.41) is 9.98. The summed E-state index contributed by atoms with van der Waals surface area (Å²) in [4.78, 5) is 0. The van der Waals surface area contributed by atoms with Crippen molar-refractivity contribution in [3.05, 3.63) is 231 Å². The van der Waals surface area contributed by atoms with Crippen LogP contribution >= 0.6 is 0 Å². The van der Waals surface area contributed by atoms with Crippen LogP contribution in [-0.4, -0.2) is 0 Å². The number of rotatable bonds is 6. The summed E-state index contributed by atoms with van der Waals surface area (Å²) in [5.41, 5.74) is 14.6. The molecule has 0 aromatic heterocycles. The molecule has 0 atom stereocenters. The van der Waals surface area contributed by atoms with Gasteiger partial charge in [-0.05, 0) is 128 Å². The third-order valence-corrected chi connectivity index (χ3v) is 11.9. The van der Waals surface area contributed by atoms with Crippen LogP contribution in [0.4, 0.5) is 0 Å². The van der Waals surface area contributed by atoms with Crippen molar-refractivity contribution in [3.8, 4) is 66.8 Å². The van der Waals surface area contributed by atoms with Gasteiger partial charge in [0.15, 0.2) is 0 Å². The van der Waals surface area contributed by atoms with Gasteiger partial charge in [0.2, 0.25) is 0 Å². The topological polar surface area (TPSA) is 0 Å². The van der Waals surface area contributed by atoms with Crippen LogP contribution in [0.3, 0.4) is 0 Å². The van der Waals surface area contributed by atoms with E-state index >= 15 is 0 Å². The Balaban J connectivity index is 1.20. The highest BCUT2D eigenvalue weighted by molar-refractivity contribution is 6.21. The number of benzene rings is 11. The van der Waals surface area contributed by atoms with E-state index in [1.54, 1.807) is 0 Å². The molecule has 0 saturated carbocycles. The van der Waals surface area contributed by atoms with Crippen molar-refractivity contribution in [2.75, 3.05) is 0 Å². The molecule has 0 nitrogen and oxygen atoms in total. The first-order valence-electron chi connectivity index (χ1n) is 20.1. The fraction of sp³-hybridized carbons (Fsp3) is 0. The van der Waals surface area contributed by atoms with E-state index in [9.17, 15) is 0 Å². The zero-order chi connectivity index (χ0) is 38.4. The molecule has 0 aliphatic heterocycles. The highest BCUT2D eigenvalue weighted by Crippen LogP contribution is 2.48. The molecule has 0 aliphatic rings. The Labute approximate surface area is 339 Å². The first-order chi connectivity index (χ1) is 28.8. The van der Waals surface area contributed by atoms with Crippen molar-refractivity contribution < 1.29 is 0 Å². The second kappa shape index (κ2) is 14.2. The van der Waals surface area contributed by atoms with Crippen LogP contribution in [0.15, 0.2) is 231 Å². The third kappa shape index (κ3) is 5.78. The van der Waals surface area contributed by atoms with Crippen LogP contribution < -0.4 is 0 Å². The summed E-state index contributed by atoms with van der Waals surface area (Å²) < 4.78 is 0. The van der Waals surface area contributed by atoms with Crippen molar-refractivity contribution in [2.24, 2.45) is 0 Å². The molecular weight excluding hydrogens is 697 g/mol. The number of fused-ring (bicyclic) bond motifs is 4. The van der Waals surface area contributed by atoms with E-state index in [0.717, 1.165) is 0 Å². The predicted octanol–water partition coefficient (Wildman–Crippen LogP) is 16.3. The summed E-state index contributed by atoms with van der Waals surface area (Å²) >= 11 is 0. The highest BCUT2D eigenvalue weighted by Gasteiger charge is 2.21. The van der Waals surface area contributed by atoms with Gasteiger partial charge >= 0.3 is 0 Å². The standard InChI is InChI=1S/C58H38/c1-2-18-41(19-3-1)57-52-26-12-14-28-54(52)58(55-29-15-13-27-53(55)57)46-34-35-51(49-24-10-8-22-47(49)44-32-30-39-16-4-6-20-42(39)36-44)56(38-46)50-25-11-9-23-48(50)45-33-31-40-17-5-7-21-43(40)37-45/h1-38H. The van der Waals surface area contributed by atoms with E-state index < -0.39 is 0 Å². The molecule has 11 aromatic rings. The molecule has 0 heteroatoms. The lowest BCUT2D eigenvalue weighted by Crippen LogP contribution is -1.94. The van der Waals surface area contributed by atoms with E-state index in [1.165, 1.54) is 110 Å². The van der Waals surface area contributed by atoms with E-state index in [-0.39, 0.29) is 0 Å². The van der Waals surface area contributed by atoms with Crippen molar-refractivity contribution in [1.82, 2.24) is 0 Å². The number of hydrogen-bond acceptors (Lipinski definition) is 0. The van der Waals surface area contributed by atoms with Gasteiger partial charge in [-0.2, -0.15) is 0 Å². The van der Waals surface area contributed by atoms with Crippen LogP contribution in [0, 0.1) is 0 Å². The van der Waals surface area contributed by atoms with Crippen LogP contribution in [0.2, 0.25) is 0 Å². The monoisotopic (exact) mass is 734 g/mol. The molecule has 0 amide bonds. The maximum Gasteiger partial charge on any atom is -0.00261 e. The number of hydrogen-bond donors (Lipinski definition) is 0. The van der Waals surface area contributed by atoms with Crippen molar-refractivity contribution in [1.29, 1.82) is 0 Å². The first kappa shape index (κ1) is 33.8. The Morgan fingerprint density at radius 2 is 0.534 bits per heavy atom. The Morgan fingerprint density at radius 1 is 0.172 bits per heavy atom. The largest absolute Gasteiger partial charge is 0.0622 e. The summed E-state index contributed by atoms with van der Waals surface area (Å²) in [6, 6.07) is 84.7. The highest BCUT2D eigenvalue weighted by atomic mass is 14.2. The molecule has 0 radical (unpaired) electrons. The molecule has 0 heterocycles. The molecule has 0 bridgehead atoms. The Kier molecular flexibility index (Phi) is 8.26. The maximum absolute atomic E-state index is 2.46. The van der Waals surface area contributed by atoms with Crippen molar-refractivity contribution in [2.45, 2.75) is 0 Å². The molecular formula is C58H38. The van der Waals surface area contributed by atoms with Crippen LogP contribution in [0.5, 0.6) is 0 Å². The van der Waals surface area contributed by atoms with Gasteiger partial charge in [0.1, 0.15) is 0 Å². The molecule has 270 valence electrons. The molecule has 0 saturated heterocycles. The minimum absolute atomic E-state index is 1.20. The quantitative estimate of drug-likeness (QED) is 0.149. The summed E-state index contributed by atoms with van der Waals surface area (Å²) in [5.74, 6) is 0. The van der Waals surface area contributed by atoms with Gasteiger partial charge in [0.25, 0.3) is 0 Å². The van der Waals surface area contributed by atoms with Crippen LogP contribution in [0.25, 0.3) is 110 Å². The Hall–Kier alpha value is -7.54. The lowest BCUT2D eigenvalue weighted by atomic mass is 9.82. The van der Waals surface area contributed by atoms with Gasteiger partial charge in [-0.15, -0.1) is 0 Å².